The highest BCUT2D eigenvalue weighted by molar-refractivity contribution is 6.23. The minimum Gasteiger partial charge on any atom is -0.273 e. The number of amides is 2. The Morgan fingerprint density at radius 3 is 2.27 bits per heavy atom. The van der Waals surface area contributed by atoms with Gasteiger partial charge in [-0.05, 0) is 43.5 Å². The molecule has 2 heterocycles. The molecule has 0 radical (unpaired) electrons. The normalized spacial score (nSPS) is 24.4. The van der Waals surface area contributed by atoms with E-state index in [1.165, 1.54) is 4.90 Å². The Hall–Kier alpha value is -2.66. The van der Waals surface area contributed by atoms with Crippen molar-refractivity contribution < 1.29 is 14.4 Å². The number of hydrogen-bond acceptors (Lipinski definition) is 4. The molecule has 0 bridgehead atoms. The second-order valence-electron chi connectivity index (χ2n) is 8.36. The standard InChI is InChI=1S/C25H30N2O3/c1-4-6-10-18(5-2)22-21-23(30-27(22)20-11-8-7-9-12-20)25(29)26(24(21)28)19-15-13-17(3)14-16-19/h7-9,11-16,18,21-23H,4-6,10H2,1-3H3/t18-,21+,22+,23+/m0/s1. The van der Waals surface area contributed by atoms with Gasteiger partial charge in [0.15, 0.2) is 6.10 Å². The molecule has 2 aromatic carbocycles. The van der Waals surface area contributed by atoms with Crippen LogP contribution in [0.5, 0.6) is 0 Å². The van der Waals surface area contributed by atoms with Gasteiger partial charge in [0.25, 0.3) is 5.91 Å². The number of hydroxylamine groups is 1. The van der Waals surface area contributed by atoms with Crippen molar-refractivity contribution in [1.29, 1.82) is 0 Å². The minimum atomic E-state index is -0.764. The molecule has 0 aliphatic carbocycles. The summed E-state index contributed by atoms with van der Waals surface area (Å²) in [5, 5.41) is 1.85. The van der Waals surface area contributed by atoms with Crippen LogP contribution in [0.15, 0.2) is 54.6 Å². The Morgan fingerprint density at radius 1 is 0.933 bits per heavy atom. The van der Waals surface area contributed by atoms with Gasteiger partial charge in [-0.3, -0.25) is 14.4 Å². The maximum atomic E-state index is 13.6. The van der Waals surface area contributed by atoms with Crippen LogP contribution in [0.1, 0.15) is 45.1 Å². The molecule has 5 nitrogen and oxygen atoms in total. The zero-order chi connectivity index (χ0) is 21.3. The summed E-state index contributed by atoms with van der Waals surface area (Å²) >= 11 is 0. The molecule has 2 aromatic rings. The van der Waals surface area contributed by atoms with Crippen LogP contribution in [0.2, 0.25) is 0 Å². The van der Waals surface area contributed by atoms with E-state index in [0.29, 0.717) is 5.69 Å². The number of rotatable bonds is 7. The van der Waals surface area contributed by atoms with Gasteiger partial charge in [-0.15, -0.1) is 0 Å². The van der Waals surface area contributed by atoms with E-state index in [2.05, 4.69) is 13.8 Å². The minimum absolute atomic E-state index is 0.146. The number of nitrogens with zero attached hydrogens (tertiary/aromatic N) is 2. The van der Waals surface area contributed by atoms with Crippen LogP contribution in [-0.4, -0.2) is 24.0 Å². The fraction of sp³-hybridized carbons (Fsp3) is 0.440. The maximum Gasteiger partial charge on any atom is 0.266 e. The zero-order valence-electron chi connectivity index (χ0n) is 18.0. The summed E-state index contributed by atoms with van der Waals surface area (Å²) in [5.74, 6) is -0.620. The number of aryl methyl sites for hydroxylation is 1. The number of fused-ring (bicyclic) bond motifs is 1. The first kappa shape index (κ1) is 20.6. The Balaban J connectivity index is 1.71. The smallest absolute Gasteiger partial charge is 0.266 e. The molecule has 4 atom stereocenters. The summed E-state index contributed by atoms with van der Waals surface area (Å²) in [6, 6.07) is 17.2. The third-order valence-electron chi connectivity index (χ3n) is 6.40. The molecule has 2 saturated heterocycles. The van der Waals surface area contributed by atoms with Gasteiger partial charge >= 0.3 is 0 Å². The Labute approximate surface area is 178 Å². The van der Waals surface area contributed by atoms with Crippen molar-refractivity contribution in [2.24, 2.45) is 11.8 Å². The van der Waals surface area contributed by atoms with Crippen molar-refractivity contribution in [1.82, 2.24) is 0 Å². The molecule has 4 rings (SSSR count). The lowest BCUT2D eigenvalue weighted by Gasteiger charge is -2.33. The molecule has 0 saturated carbocycles. The molecule has 0 spiro atoms. The van der Waals surface area contributed by atoms with Crippen molar-refractivity contribution in [2.45, 2.75) is 58.6 Å². The summed E-state index contributed by atoms with van der Waals surface area (Å²) < 4.78 is 0. The second-order valence-corrected chi connectivity index (χ2v) is 8.36. The lowest BCUT2D eigenvalue weighted by atomic mass is 9.82. The first-order chi connectivity index (χ1) is 14.6. The largest absolute Gasteiger partial charge is 0.273 e. The molecule has 0 aromatic heterocycles. The summed E-state index contributed by atoms with van der Waals surface area (Å²) in [7, 11) is 0. The van der Waals surface area contributed by atoms with Gasteiger partial charge in [0.1, 0.15) is 0 Å². The Kier molecular flexibility index (Phi) is 5.91. The summed E-state index contributed by atoms with van der Waals surface area (Å²) in [6.07, 6.45) is 3.39. The van der Waals surface area contributed by atoms with Crippen LogP contribution in [0.3, 0.4) is 0 Å². The fourth-order valence-electron chi connectivity index (χ4n) is 4.77. The van der Waals surface area contributed by atoms with Crippen molar-refractivity contribution >= 4 is 23.2 Å². The molecule has 30 heavy (non-hydrogen) atoms. The van der Waals surface area contributed by atoms with Gasteiger partial charge in [-0.25, -0.2) is 9.96 Å². The predicted molar refractivity (Wildman–Crippen MR) is 118 cm³/mol. The van der Waals surface area contributed by atoms with Gasteiger partial charge in [0, 0.05) is 0 Å². The van der Waals surface area contributed by atoms with Crippen molar-refractivity contribution in [3.05, 3.63) is 60.2 Å². The number of para-hydroxylation sites is 1. The van der Waals surface area contributed by atoms with Gasteiger partial charge in [-0.2, -0.15) is 0 Å². The van der Waals surface area contributed by atoms with Crippen molar-refractivity contribution in [2.75, 3.05) is 9.96 Å². The molecular formula is C25H30N2O3. The number of benzene rings is 2. The predicted octanol–water partition coefficient (Wildman–Crippen LogP) is 4.89. The maximum absolute atomic E-state index is 13.6. The van der Waals surface area contributed by atoms with E-state index in [0.717, 1.165) is 36.9 Å². The summed E-state index contributed by atoms with van der Waals surface area (Å²) in [5.41, 5.74) is 2.61. The third kappa shape index (κ3) is 3.52. The Bertz CT molecular complexity index is 896. The van der Waals surface area contributed by atoms with Crippen LogP contribution in [-0.2, 0) is 14.4 Å². The first-order valence-corrected chi connectivity index (χ1v) is 11.0. The number of unbranched alkanes of at least 4 members (excludes halogenated alkanes) is 1. The lowest BCUT2D eigenvalue weighted by Crippen LogP contribution is -2.44. The van der Waals surface area contributed by atoms with Gasteiger partial charge in [0.2, 0.25) is 5.91 Å². The molecule has 2 aliphatic heterocycles. The van der Waals surface area contributed by atoms with Crippen LogP contribution < -0.4 is 9.96 Å². The average molecular weight is 407 g/mol. The zero-order valence-corrected chi connectivity index (χ0v) is 18.0. The molecule has 5 heteroatoms. The average Bonchev–Trinajstić information content (AvgIpc) is 3.27. The number of imide groups is 1. The second kappa shape index (κ2) is 8.60. The number of hydrogen-bond donors (Lipinski definition) is 0. The molecule has 0 N–H and O–H groups in total. The molecule has 2 fully saturated rings. The molecular weight excluding hydrogens is 376 g/mol. The van der Waals surface area contributed by atoms with Gasteiger partial charge in [0.05, 0.1) is 23.3 Å². The van der Waals surface area contributed by atoms with Crippen LogP contribution >= 0.6 is 0 Å². The van der Waals surface area contributed by atoms with Gasteiger partial charge < -0.3 is 0 Å². The summed E-state index contributed by atoms with van der Waals surface area (Å²) in [6.45, 7) is 6.33. The van der Waals surface area contributed by atoms with Crippen LogP contribution in [0.25, 0.3) is 0 Å². The van der Waals surface area contributed by atoms with E-state index >= 15 is 0 Å². The fourth-order valence-corrected chi connectivity index (χ4v) is 4.77. The van der Waals surface area contributed by atoms with E-state index in [9.17, 15) is 9.59 Å². The summed E-state index contributed by atoms with van der Waals surface area (Å²) in [4.78, 5) is 34.4. The molecule has 2 aliphatic rings. The van der Waals surface area contributed by atoms with Crippen molar-refractivity contribution in [3.8, 4) is 0 Å². The molecule has 2 amide bonds. The van der Waals surface area contributed by atoms with E-state index in [-0.39, 0.29) is 23.8 Å². The Morgan fingerprint density at radius 2 is 1.63 bits per heavy atom. The monoisotopic (exact) mass is 406 g/mol. The SMILES string of the molecule is CCCC[C@H](CC)[C@@H]1[C@H]2C(=O)N(c3ccc(C)cc3)C(=O)[C@@H]2ON1c1ccccc1. The molecule has 158 valence electrons. The van der Waals surface area contributed by atoms with Crippen LogP contribution in [0, 0.1) is 18.8 Å². The van der Waals surface area contributed by atoms with E-state index < -0.39 is 12.0 Å². The van der Waals surface area contributed by atoms with Gasteiger partial charge in [-0.1, -0.05) is 69.0 Å². The number of anilines is 2. The number of carbonyl (C=O) groups is 2. The first-order valence-electron chi connectivity index (χ1n) is 11.0. The van der Waals surface area contributed by atoms with E-state index in [1.54, 1.807) is 0 Å². The van der Waals surface area contributed by atoms with E-state index in [4.69, 9.17) is 4.84 Å². The highest BCUT2D eigenvalue weighted by atomic mass is 16.7. The highest BCUT2D eigenvalue weighted by Gasteiger charge is 2.61. The molecule has 0 unspecified atom stereocenters. The quantitative estimate of drug-likeness (QED) is 0.614. The third-order valence-corrected chi connectivity index (χ3v) is 6.40. The van der Waals surface area contributed by atoms with E-state index in [1.807, 2.05) is 66.6 Å². The van der Waals surface area contributed by atoms with Crippen molar-refractivity contribution in [3.63, 3.8) is 0 Å². The number of carbonyl (C=O) groups excluding carboxylic acids is 2. The van der Waals surface area contributed by atoms with Crippen LogP contribution in [0.4, 0.5) is 11.4 Å². The topological polar surface area (TPSA) is 49.9 Å². The highest BCUT2D eigenvalue weighted by Crippen LogP contribution is 2.44. The lowest BCUT2D eigenvalue weighted by molar-refractivity contribution is -0.126.